The van der Waals surface area contributed by atoms with Crippen molar-refractivity contribution in [1.29, 1.82) is 5.26 Å². The van der Waals surface area contributed by atoms with E-state index in [-0.39, 0.29) is 5.91 Å². The molecular formula is C12H23N3O. The van der Waals surface area contributed by atoms with Crippen LogP contribution < -0.4 is 5.32 Å². The predicted octanol–water partition coefficient (Wildman–Crippen LogP) is 1.38. The summed E-state index contributed by atoms with van der Waals surface area (Å²) in [5.41, 5.74) is 0. The van der Waals surface area contributed by atoms with Crippen LogP contribution in [0.15, 0.2) is 0 Å². The molecule has 0 saturated heterocycles. The zero-order chi connectivity index (χ0) is 12.4. The smallest absolute Gasteiger partial charge is 0.234 e. The van der Waals surface area contributed by atoms with E-state index in [0.29, 0.717) is 25.4 Å². The van der Waals surface area contributed by atoms with Gasteiger partial charge >= 0.3 is 0 Å². The van der Waals surface area contributed by atoms with Gasteiger partial charge in [0.25, 0.3) is 0 Å². The lowest BCUT2D eigenvalue weighted by Gasteiger charge is -2.22. The van der Waals surface area contributed by atoms with E-state index in [9.17, 15) is 4.79 Å². The van der Waals surface area contributed by atoms with Crippen molar-refractivity contribution < 1.29 is 4.79 Å². The van der Waals surface area contributed by atoms with E-state index in [1.54, 1.807) is 0 Å². The molecule has 0 aromatic heterocycles. The first-order valence-electron chi connectivity index (χ1n) is 5.96. The fourth-order valence-corrected chi connectivity index (χ4v) is 1.48. The summed E-state index contributed by atoms with van der Waals surface area (Å²) >= 11 is 0. The molecule has 0 rings (SSSR count). The average Bonchev–Trinajstić information content (AvgIpc) is 2.22. The van der Waals surface area contributed by atoms with E-state index in [1.807, 2.05) is 11.8 Å². The van der Waals surface area contributed by atoms with Crippen molar-refractivity contribution >= 4 is 5.91 Å². The van der Waals surface area contributed by atoms with Crippen molar-refractivity contribution in [2.75, 3.05) is 26.2 Å². The summed E-state index contributed by atoms with van der Waals surface area (Å²) in [6, 6.07) is 2.11. The van der Waals surface area contributed by atoms with Gasteiger partial charge in [0, 0.05) is 26.1 Å². The van der Waals surface area contributed by atoms with Crippen LogP contribution in [0, 0.1) is 17.2 Å². The highest BCUT2D eigenvalue weighted by molar-refractivity contribution is 5.77. The monoisotopic (exact) mass is 225 g/mol. The molecule has 0 aromatic rings. The number of hydrogen-bond acceptors (Lipinski definition) is 3. The van der Waals surface area contributed by atoms with Gasteiger partial charge in [-0.15, -0.1) is 0 Å². The van der Waals surface area contributed by atoms with Gasteiger partial charge in [0.2, 0.25) is 5.91 Å². The molecule has 0 bridgehead atoms. The van der Waals surface area contributed by atoms with E-state index >= 15 is 0 Å². The Bertz CT molecular complexity index is 233. The SMILES string of the molecule is CCCNC(=O)CN(CCC#N)CC(C)C. The largest absolute Gasteiger partial charge is 0.355 e. The highest BCUT2D eigenvalue weighted by Crippen LogP contribution is 1.99. The number of hydrogen-bond donors (Lipinski definition) is 1. The molecule has 0 aliphatic rings. The van der Waals surface area contributed by atoms with Gasteiger partial charge in [-0.05, 0) is 12.3 Å². The number of rotatable bonds is 8. The van der Waals surface area contributed by atoms with Gasteiger partial charge in [-0.25, -0.2) is 0 Å². The Kier molecular flexibility index (Phi) is 8.55. The van der Waals surface area contributed by atoms with Crippen LogP contribution in [-0.4, -0.2) is 37.0 Å². The maximum absolute atomic E-state index is 11.5. The summed E-state index contributed by atoms with van der Waals surface area (Å²) in [6.45, 7) is 8.93. The number of amides is 1. The highest BCUT2D eigenvalue weighted by Gasteiger charge is 2.11. The van der Waals surface area contributed by atoms with Gasteiger partial charge in [0.15, 0.2) is 0 Å². The fraction of sp³-hybridized carbons (Fsp3) is 0.833. The Morgan fingerprint density at radius 1 is 1.50 bits per heavy atom. The first kappa shape index (κ1) is 14.9. The molecule has 4 nitrogen and oxygen atoms in total. The second-order valence-corrected chi connectivity index (χ2v) is 4.39. The maximum atomic E-state index is 11.5. The number of nitrogens with one attached hydrogen (secondary N) is 1. The van der Waals surface area contributed by atoms with Gasteiger partial charge in [-0.2, -0.15) is 5.26 Å². The molecule has 0 saturated carbocycles. The Hall–Kier alpha value is -1.08. The number of nitrogens with zero attached hydrogens (tertiary/aromatic N) is 2. The lowest BCUT2D eigenvalue weighted by atomic mass is 10.2. The first-order chi connectivity index (χ1) is 7.60. The van der Waals surface area contributed by atoms with Crippen molar-refractivity contribution in [3.63, 3.8) is 0 Å². The minimum atomic E-state index is 0.0560. The zero-order valence-corrected chi connectivity index (χ0v) is 10.6. The molecule has 0 heterocycles. The van der Waals surface area contributed by atoms with Crippen molar-refractivity contribution in [2.45, 2.75) is 33.6 Å². The normalized spacial score (nSPS) is 10.5. The van der Waals surface area contributed by atoms with E-state index < -0.39 is 0 Å². The second-order valence-electron chi connectivity index (χ2n) is 4.39. The summed E-state index contributed by atoms with van der Waals surface area (Å²) in [5.74, 6) is 0.568. The van der Waals surface area contributed by atoms with Gasteiger partial charge in [-0.1, -0.05) is 20.8 Å². The Labute approximate surface area is 98.6 Å². The van der Waals surface area contributed by atoms with Crippen molar-refractivity contribution in [3.05, 3.63) is 0 Å². The molecule has 1 amide bonds. The predicted molar refractivity (Wildman–Crippen MR) is 64.8 cm³/mol. The van der Waals surface area contributed by atoms with E-state index in [0.717, 1.165) is 19.5 Å². The average molecular weight is 225 g/mol. The fourth-order valence-electron chi connectivity index (χ4n) is 1.48. The topological polar surface area (TPSA) is 56.1 Å². The minimum Gasteiger partial charge on any atom is -0.355 e. The molecule has 0 fully saturated rings. The lowest BCUT2D eigenvalue weighted by molar-refractivity contribution is -0.122. The van der Waals surface area contributed by atoms with Crippen LogP contribution in [0.25, 0.3) is 0 Å². The van der Waals surface area contributed by atoms with Crippen LogP contribution in [-0.2, 0) is 4.79 Å². The minimum absolute atomic E-state index is 0.0560. The second kappa shape index (κ2) is 9.17. The number of nitriles is 1. The standard InChI is InChI=1S/C12H23N3O/c1-4-7-14-12(16)10-15(8-5-6-13)9-11(2)3/h11H,4-5,7-10H2,1-3H3,(H,14,16). The van der Waals surface area contributed by atoms with Crippen LogP contribution in [0.1, 0.15) is 33.6 Å². The van der Waals surface area contributed by atoms with Gasteiger partial charge < -0.3 is 5.32 Å². The van der Waals surface area contributed by atoms with Crippen LogP contribution in [0.5, 0.6) is 0 Å². The molecular weight excluding hydrogens is 202 g/mol. The molecule has 16 heavy (non-hydrogen) atoms. The molecule has 0 radical (unpaired) electrons. The summed E-state index contributed by atoms with van der Waals surface area (Å²) in [7, 11) is 0. The van der Waals surface area contributed by atoms with Gasteiger partial charge in [0.1, 0.15) is 0 Å². The Balaban J connectivity index is 3.98. The zero-order valence-electron chi connectivity index (χ0n) is 10.6. The van der Waals surface area contributed by atoms with E-state index in [4.69, 9.17) is 5.26 Å². The molecule has 1 N–H and O–H groups in total. The highest BCUT2D eigenvalue weighted by atomic mass is 16.2. The summed E-state index contributed by atoms with van der Waals surface area (Å²) < 4.78 is 0. The molecule has 0 aromatic carbocycles. The van der Waals surface area contributed by atoms with Crippen LogP contribution >= 0.6 is 0 Å². The molecule has 0 atom stereocenters. The van der Waals surface area contributed by atoms with Crippen LogP contribution in [0.3, 0.4) is 0 Å². The third-order valence-corrected chi connectivity index (χ3v) is 2.10. The third kappa shape index (κ3) is 8.25. The van der Waals surface area contributed by atoms with Crippen LogP contribution in [0.2, 0.25) is 0 Å². The summed E-state index contributed by atoms with van der Waals surface area (Å²) in [4.78, 5) is 13.6. The third-order valence-electron chi connectivity index (χ3n) is 2.10. The summed E-state index contributed by atoms with van der Waals surface area (Å²) in [6.07, 6.45) is 1.43. The molecule has 0 spiro atoms. The molecule has 0 unspecified atom stereocenters. The number of carbonyl (C=O) groups excluding carboxylic acids is 1. The maximum Gasteiger partial charge on any atom is 0.234 e. The van der Waals surface area contributed by atoms with E-state index in [2.05, 4.69) is 25.2 Å². The van der Waals surface area contributed by atoms with Gasteiger partial charge in [0.05, 0.1) is 12.6 Å². The lowest BCUT2D eigenvalue weighted by Crippen LogP contribution is -2.39. The molecule has 0 aliphatic carbocycles. The van der Waals surface area contributed by atoms with Crippen LogP contribution in [0.4, 0.5) is 0 Å². The van der Waals surface area contributed by atoms with Crippen molar-refractivity contribution in [1.82, 2.24) is 10.2 Å². The molecule has 92 valence electrons. The molecule has 0 aliphatic heterocycles. The quantitative estimate of drug-likeness (QED) is 0.679. The Morgan fingerprint density at radius 3 is 2.69 bits per heavy atom. The van der Waals surface area contributed by atoms with E-state index in [1.165, 1.54) is 0 Å². The molecule has 4 heteroatoms. The Morgan fingerprint density at radius 2 is 2.19 bits per heavy atom. The van der Waals surface area contributed by atoms with Gasteiger partial charge in [-0.3, -0.25) is 9.69 Å². The van der Waals surface area contributed by atoms with Crippen molar-refractivity contribution in [2.24, 2.45) is 5.92 Å². The first-order valence-corrected chi connectivity index (χ1v) is 5.96. The van der Waals surface area contributed by atoms with Crippen molar-refractivity contribution in [3.8, 4) is 6.07 Å². The number of carbonyl (C=O) groups is 1. The summed E-state index contributed by atoms with van der Waals surface area (Å²) in [5, 5.41) is 11.4.